The van der Waals surface area contributed by atoms with E-state index in [1.54, 1.807) is 17.5 Å². The lowest BCUT2D eigenvalue weighted by molar-refractivity contribution is -0.123. The molecule has 0 saturated carbocycles. The van der Waals surface area contributed by atoms with E-state index in [0.29, 0.717) is 6.42 Å². The van der Waals surface area contributed by atoms with Crippen molar-refractivity contribution in [3.8, 4) is 0 Å². The number of rotatable bonds is 5. The standard InChI is InChI=1S/C10H17N3OS/c1-3-7(11)9(14)13-8(4-2)10-12-5-6-15-10/h5-8H,3-4,11H2,1-2H3,(H,13,14). The van der Waals surface area contributed by atoms with E-state index in [1.165, 1.54) is 0 Å². The van der Waals surface area contributed by atoms with Gasteiger partial charge in [-0.2, -0.15) is 0 Å². The summed E-state index contributed by atoms with van der Waals surface area (Å²) in [7, 11) is 0. The third-order valence-corrected chi connectivity index (χ3v) is 3.14. The fourth-order valence-electron chi connectivity index (χ4n) is 1.21. The van der Waals surface area contributed by atoms with Crippen molar-refractivity contribution >= 4 is 17.2 Å². The molecule has 0 aliphatic rings. The number of nitrogens with zero attached hydrogens (tertiary/aromatic N) is 1. The maximum Gasteiger partial charge on any atom is 0.237 e. The summed E-state index contributed by atoms with van der Waals surface area (Å²) < 4.78 is 0. The van der Waals surface area contributed by atoms with Gasteiger partial charge < -0.3 is 11.1 Å². The Kier molecular flexibility index (Phi) is 4.71. The molecule has 0 bridgehead atoms. The van der Waals surface area contributed by atoms with Crippen molar-refractivity contribution in [1.29, 1.82) is 0 Å². The molecule has 4 nitrogen and oxygen atoms in total. The molecule has 5 heteroatoms. The van der Waals surface area contributed by atoms with Crippen LogP contribution in [0.4, 0.5) is 0 Å². The maximum atomic E-state index is 11.6. The molecule has 1 aromatic rings. The van der Waals surface area contributed by atoms with Crippen LogP contribution in [0.5, 0.6) is 0 Å². The Labute approximate surface area is 93.9 Å². The molecule has 0 radical (unpaired) electrons. The summed E-state index contributed by atoms with van der Waals surface area (Å²) in [4.78, 5) is 15.8. The van der Waals surface area contributed by atoms with Crippen LogP contribution < -0.4 is 11.1 Å². The lowest BCUT2D eigenvalue weighted by Crippen LogP contribution is -2.41. The van der Waals surface area contributed by atoms with Crippen molar-refractivity contribution in [2.24, 2.45) is 5.73 Å². The molecule has 0 fully saturated rings. The van der Waals surface area contributed by atoms with Crippen LogP contribution in [0.15, 0.2) is 11.6 Å². The number of hydrogen-bond acceptors (Lipinski definition) is 4. The van der Waals surface area contributed by atoms with Crippen molar-refractivity contribution in [3.05, 3.63) is 16.6 Å². The topological polar surface area (TPSA) is 68.0 Å². The van der Waals surface area contributed by atoms with Gasteiger partial charge in [0, 0.05) is 11.6 Å². The monoisotopic (exact) mass is 227 g/mol. The molecule has 1 amide bonds. The smallest absolute Gasteiger partial charge is 0.237 e. The largest absolute Gasteiger partial charge is 0.346 e. The summed E-state index contributed by atoms with van der Waals surface area (Å²) in [5, 5.41) is 5.75. The van der Waals surface area contributed by atoms with Crippen molar-refractivity contribution in [2.75, 3.05) is 0 Å². The number of hydrogen-bond donors (Lipinski definition) is 2. The third-order valence-electron chi connectivity index (χ3n) is 2.25. The predicted molar refractivity (Wildman–Crippen MR) is 61.6 cm³/mol. The highest BCUT2D eigenvalue weighted by molar-refractivity contribution is 7.09. The number of thiazole rings is 1. The minimum Gasteiger partial charge on any atom is -0.346 e. The van der Waals surface area contributed by atoms with Gasteiger partial charge in [-0.1, -0.05) is 13.8 Å². The van der Waals surface area contributed by atoms with Gasteiger partial charge in [0.2, 0.25) is 5.91 Å². The van der Waals surface area contributed by atoms with E-state index in [2.05, 4.69) is 10.3 Å². The van der Waals surface area contributed by atoms with Crippen molar-refractivity contribution in [3.63, 3.8) is 0 Å². The molecule has 0 spiro atoms. The zero-order valence-electron chi connectivity index (χ0n) is 9.06. The van der Waals surface area contributed by atoms with Gasteiger partial charge in [-0.3, -0.25) is 4.79 Å². The second-order valence-corrected chi connectivity index (χ2v) is 4.28. The van der Waals surface area contributed by atoms with E-state index in [4.69, 9.17) is 5.73 Å². The zero-order chi connectivity index (χ0) is 11.3. The summed E-state index contributed by atoms with van der Waals surface area (Å²) in [6.45, 7) is 3.92. The second-order valence-electron chi connectivity index (χ2n) is 3.35. The van der Waals surface area contributed by atoms with E-state index < -0.39 is 6.04 Å². The Morgan fingerprint density at radius 1 is 1.60 bits per heavy atom. The molecular formula is C10H17N3OS. The highest BCUT2D eigenvalue weighted by Crippen LogP contribution is 2.18. The first-order valence-corrected chi connectivity index (χ1v) is 6.02. The van der Waals surface area contributed by atoms with Crippen LogP contribution >= 0.6 is 11.3 Å². The minimum atomic E-state index is -0.418. The molecule has 0 aliphatic heterocycles. The van der Waals surface area contributed by atoms with E-state index in [9.17, 15) is 4.79 Å². The molecule has 1 rings (SSSR count). The van der Waals surface area contributed by atoms with Crippen LogP contribution in [0.25, 0.3) is 0 Å². The zero-order valence-corrected chi connectivity index (χ0v) is 9.88. The predicted octanol–water partition coefficient (Wildman–Crippen LogP) is 1.45. The van der Waals surface area contributed by atoms with Crippen LogP contribution in [-0.2, 0) is 4.79 Å². The molecule has 0 aromatic carbocycles. The first kappa shape index (κ1) is 12.1. The molecule has 0 saturated heterocycles. The van der Waals surface area contributed by atoms with Crippen LogP contribution in [0, 0.1) is 0 Å². The molecule has 15 heavy (non-hydrogen) atoms. The Morgan fingerprint density at radius 3 is 2.80 bits per heavy atom. The minimum absolute atomic E-state index is 0.00454. The lowest BCUT2D eigenvalue weighted by atomic mass is 10.2. The summed E-state index contributed by atoms with van der Waals surface area (Å²) in [5.41, 5.74) is 5.64. The first-order chi connectivity index (χ1) is 7.19. The van der Waals surface area contributed by atoms with E-state index >= 15 is 0 Å². The van der Waals surface area contributed by atoms with Crippen LogP contribution in [0.1, 0.15) is 37.7 Å². The van der Waals surface area contributed by atoms with Gasteiger partial charge in [-0.25, -0.2) is 4.98 Å². The van der Waals surface area contributed by atoms with Crippen LogP contribution in [0.2, 0.25) is 0 Å². The Bertz CT molecular complexity index is 300. The third kappa shape index (κ3) is 3.28. The summed E-state index contributed by atoms with van der Waals surface area (Å²) in [6.07, 6.45) is 3.23. The number of amides is 1. The number of aromatic nitrogens is 1. The number of nitrogens with two attached hydrogens (primary N) is 1. The van der Waals surface area contributed by atoms with Gasteiger partial charge in [-0.05, 0) is 12.8 Å². The van der Waals surface area contributed by atoms with Crippen molar-refractivity contribution < 1.29 is 4.79 Å². The molecule has 3 N–H and O–H groups in total. The van der Waals surface area contributed by atoms with Gasteiger partial charge in [-0.15, -0.1) is 11.3 Å². The van der Waals surface area contributed by atoms with Gasteiger partial charge in [0.1, 0.15) is 5.01 Å². The van der Waals surface area contributed by atoms with E-state index in [-0.39, 0.29) is 11.9 Å². The molecule has 84 valence electrons. The quantitative estimate of drug-likeness (QED) is 0.800. The lowest BCUT2D eigenvalue weighted by Gasteiger charge is -2.17. The normalized spacial score (nSPS) is 14.6. The fraction of sp³-hybridized carbons (Fsp3) is 0.600. The molecule has 2 unspecified atom stereocenters. The Hall–Kier alpha value is -0.940. The first-order valence-electron chi connectivity index (χ1n) is 5.14. The highest BCUT2D eigenvalue weighted by Gasteiger charge is 2.18. The van der Waals surface area contributed by atoms with Gasteiger partial charge in [0.15, 0.2) is 0 Å². The molecular weight excluding hydrogens is 210 g/mol. The van der Waals surface area contributed by atoms with Gasteiger partial charge >= 0.3 is 0 Å². The second kappa shape index (κ2) is 5.82. The Balaban J connectivity index is 2.58. The fourth-order valence-corrected chi connectivity index (χ4v) is 1.98. The maximum absolute atomic E-state index is 11.6. The van der Waals surface area contributed by atoms with Gasteiger partial charge in [0.25, 0.3) is 0 Å². The van der Waals surface area contributed by atoms with E-state index in [1.807, 2.05) is 19.2 Å². The summed E-state index contributed by atoms with van der Waals surface area (Å²) in [6, 6.07) is -0.422. The molecule has 1 aromatic heterocycles. The average Bonchev–Trinajstić information content (AvgIpc) is 2.77. The summed E-state index contributed by atoms with van der Waals surface area (Å²) >= 11 is 1.55. The molecule has 2 atom stereocenters. The Morgan fingerprint density at radius 2 is 2.33 bits per heavy atom. The number of carbonyl (C=O) groups excluding carboxylic acids is 1. The van der Waals surface area contributed by atoms with Crippen molar-refractivity contribution in [1.82, 2.24) is 10.3 Å². The number of nitrogens with one attached hydrogen (secondary N) is 1. The SMILES string of the molecule is CCC(N)C(=O)NC(CC)c1nccs1. The van der Waals surface area contributed by atoms with Crippen LogP contribution in [0.3, 0.4) is 0 Å². The van der Waals surface area contributed by atoms with Crippen LogP contribution in [-0.4, -0.2) is 16.9 Å². The van der Waals surface area contributed by atoms with Gasteiger partial charge in [0.05, 0.1) is 12.1 Å². The molecule has 0 aliphatic carbocycles. The number of carbonyl (C=O) groups is 1. The molecule has 1 heterocycles. The van der Waals surface area contributed by atoms with Crippen molar-refractivity contribution in [2.45, 2.75) is 38.8 Å². The highest BCUT2D eigenvalue weighted by atomic mass is 32.1. The van der Waals surface area contributed by atoms with E-state index in [0.717, 1.165) is 11.4 Å². The average molecular weight is 227 g/mol. The summed E-state index contributed by atoms with van der Waals surface area (Å²) in [5.74, 6) is -0.0976.